The third-order valence-electron chi connectivity index (χ3n) is 6.80. The average Bonchev–Trinajstić information content (AvgIpc) is 3.57. The van der Waals surface area contributed by atoms with Crippen molar-refractivity contribution in [1.29, 1.82) is 0 Å². The topological polar surface area (TPSA) is 64.8 Å². The van der Waals surface area contributed by atoms with Gasteiger partial charge in [0.15, 0.2) is 0 Å². The number of benzene rings is 1. The number of nitrogens with zero attached hydrogens (tertiary/aromatic N) is 1. The van der Waals surface area contributed by atoms with Crippen LogP contribution >= 0.6 is 0 Å². The molecule has 31 heavy (non-hydrogen) atoms. The fourth-order valence-corrected chi connectivity index (χ4v) is 4.95. The first kappa shape index (κ1) is 22.4. The zero-order chi connectivity index (χ0) is 22.0. The second kappa shape index (κ2) is 9.36. The molecule has 3 aliphatic rings. The van der Waals surface area contributed by atoms with Crippen LogP contribution in [0.2, 0.25) is 0 Å². The van der Waals surface area contributed by atoms with Crippen molar-refractivity contribution in [3.05, 3.63) is 29.8 Å². The molecule has 2 aliphatic carbocycles. The minimum absolute atomic E-state index is 0.0169. The predicted molar refractivity (Wildman–Crippen MR) is 110 cm³/mol. The molecule has 3 fully saturated rings. The lowest BCUT2D eigenvalue weighted by atomic mass is 9.82. The Kier molecular flexibility index (Phi) is 6.77. The molecule has 1 heterocycles. The smallest absolute Gasteiger partial charge is 0.405 e. The maximum Gasteiger partial charge on any atom is 0.573 e. The van der Waals surface area contributed by atoms with Gasteiger partial charge in [0.2, 0.25) is 5.91 Å². The normalized spacial score (nSPS) is 29.6. The second-order valence-corrected chi connectivity index (χ2v) is 9.07. The van der Waals surface area contributed by atoms with Crippen LogP contribution in [0.1, 0.15) is 62.8 Å². The standard InChI is InChI=1S/C23H31F3N2O3/c24-23(25,26)31-21-6-2-1-4-18(21)15-9-11-17(12-10-15)30-14-20-19(27)5-3-13-28(20)22(29)16-7-8-16/h1-2,4,6,15-17,19-20H,3,5,7-14,27H2/t15?,17?,19-,20?/m0/s1. The molecule has 2 saturated carbocycles. The molecule has 1 aromatic rings. The van der Waals surface area contributed by atoms with E-state index in [9.17, 15) is 18.0 Å². The van der Waals surface area contributed by atoms with E-state index in [1.165, 1.54) is 6.07 Å². The molecule has 0 spiro atoms. The third kappa shape index (κ3) is 5.71. The van der Waals surface area contributed by atoms with Gasteiger partial charge in [-0.05, 0) is 68.9 Å². The van der Waals surface area contributed by atoms with Crippen LogP contribution in [0.4, 0.5) is 13.2 Å². The van der Waals surface area contributed by atoms with Crippen molar-refractivity contribution in [1.82, 2.24) is 4.90 Å². The summed E-state index contributed by atoms with van der Waals surface area (Å²) < 4.78 is 48.6. The zero-order valence-electron chi connectivity index (χ0n) is 17.7. The molecule has 1 amide bonds. The molecule has 0 radical (unpaired) electrons. The van der Waals surface area contributed by atoms with E-state index in [0.29, 0.717) is 12.2 Å². The molecular weight excluding hydrogens is 409 g/mol. The van der Waals surface area contributed by atoms with Crippen LogP contribution in [0.25, 0.3) is 0 Å². The Morgan fingerprint density at radius 3 is 2.45 bits per heavy atom. The Labute approximate surface area is 181 Å². The number of halogens is 3. The van der Waals surface area contributed by atoms with Crippen LogP contribution < -0.4 is 10.5 Å². The van der Waals surface area contributed by atoms with Crippen molar-refractivity contribution in [3.63, 3.8) is 0 Å². The Morgan fingerprint density at radius 2 is 1.77 bits per heavy atom. The molecule has 5 nitrogen and oxygen atoms in total. The van der Waals surface area contributed by atoms with Crippen LogP contribution in [0, 0.1) is 5.92 Å². The van der Waals surface area contributed by atoms with Gasteiger partial charge in [-0.1, -0.05) is 18.2 Å². The highest BCUT2D eigenvalue weighted by molar-refractivity contribution is 5.81. The molecule has 2 N–H and O–H groups in total. The second-order valence-electron chi connectivity index (χ2n) is 9.07. The number of amides is 1. The number of hydrogen-bond acceptors (Lipinski definition) is 4. The first-order chi connectivity index (χ1) is 14.8. The summed E-state index contributed by atoms with van der Waals surface area (Å²) in [6.07, 6.45) is 2.13. The number of hydrogen-bond donors (Lipinski definition) is 1. The lowest BCUT2D eigenvalue weighted by Crippen LogP contribution is -2.57. The maximum atomic E-state index is 12.7. The van der Waals surface area contributed by atoms with Crippen molar-refractivity contribution < 1.29 is 27.4 Å². The van der Waals surface area contributed by atoms with Gasteiger partial charge in [-0.3, -0.25) is 4.79 Å². The van der Waals surface area contributed by atoms with Gasteiger partial charge >= 0.3 is 6.36 Å². The SMILES string of the molecule is N[C@H]1CCCN(C(=O)C2CC2)C1COC1CCC(c2ccccc2OC(F)(F)F)CC1. The van der Waals surface area contributed by atoms with Crippen LogP contribution in [0.15, 0.2) is 24.3 Å². The van der Waals surface area contributed by atoms with Crippen molar-refractivity contribution in [2.24, 2.45) is 11.7 Å². The molecule has 1 unspecified atom stereocenters. The summed E-state index contributed by atoms with van der Waals surface area (Å²) in [6, 6.07) is 6.24. The highest BCUT2D eigenvalue weighted by atomic mass is 19.4. The fourth-order valence-electron chi connectivity index (χ4n) is 4.95. The lowest BCUT2D eigenvalue weighted by Gasteiger charge is -2.41. The highest BCUT2D eigenvalue weighted by Gasteiger charge is 2.40. The van der Waals surface area contributed by atoms with E-state index < -0.39 is 6.36 Å². The van der Waals surface area contributed by atoms with Gasteiger partial charge in [-0.25, -0.2) is 0 Å². The summed E-state index contributed by atoms with van der Waals surface area (Å²) in [5.41, 5.74) is 6.93. The van der Waals surface area contributed by atoms with E-state index in [2.05, 4.69) is 4.74 Å². The Hall–Kier alpha value is -1.80. The number of rotatable bonds is 6. The number of piperidine rings is 1. The van der Waals surface area contributed by atoms with E-state index in [1.54, 1.807) is 18.2 Å². The van der Waals surface area contributed by atoms with Gasteiger partial charge in [0.25, 0.3) is 0 Å². The zero-order valence-corrected chi connectivity index (χ0v) is 17.7. The molecule has 8 heteroatoms. The fraction of sp³-hybridized carbons (Fsp3) is 0.696. The minimum Gasteiger partial charge on any atom is -0.405 e. The van der Waals surface area contributed by atoms with E-state index >= 15 is 0 Å². The summed E-state index contributed by atoms with van der Waals surface area (Å²) in [5.74, 6) is 0.293. The molecule has 0 aromatic heterocycles. The Morgan fingerprint density at radius 1 is 1.06 bits per heavy atom. The number of likely N-dealkylation sites (tertiary alicyclic amines) is 1. The summed E-state index contributed by atoms with van der Waals surface area (Å²) in [5, 5.41) is 0. The predicted octanol–water partition coefficient (Wildman–Crippen LogP) is 4.36. The van der Waals surface area contributed by atoms with Crippen molar-refractivity contribution in [2.75, 3.05) is 13.2 Å². The minimum atomic E-state index is -4.70. The average molecular weight is 441 g/mol. The summed E-state index contributed by atoms with van der Waals surface area (Å²) in [6.45, 7) is 1.18. The monoisotopic (exact) mass is 440 g/mol. The van der Waals surface area contributed by atoms with Crippen molar-refractivity contribution in [3.8, 4) is 5.75 Å². The van der Waals surface area contributed by atoms with Gasteiger partial charge in [0, 0.05) is 18.5 Å². The van der Waals surface area contributed by atoms with E-state index in [1.807, 2.05) is 4.90 Å². The van der Waals surface area contributed by atoms with Gasteiger partial charge < -0.3 is 20.1 Å². The largest absolute Gasteiger partial charge is 0.573 e. The summed E-state index contributed by atoms with van der Waals surface area (Å²) in [4.78, 5) is 14.6. The van der Waals surface area contributed by atoms with Gasteiger partial charge in [0.1, 0.15) is 5.75 Å². The quantitative estimate of drug-likeness (QED) is 0.714. The first-order valence-electron chi connectivity index (χ1n) is 11.3. The van der Waals surface area contributed by atoms with Crippen molar-refractivity contribution >= 4 is 5.91 Å². The number of nitrogens with two attached hydrogens (primary N) is 1. The molecule has 4 rings (SSSR count). The first-order valence-corrected chi connectivity index (χ1v) is 11.3. The molecule has 172 valence electrons. The molecule has 1 saturated heterocycles. The third-order valence-corrected chi connectivity index (χ3v) is 6.80. The molecular formula is C23H31F3N2O3. The van der Waals surface area contributed by atoms with Gasteiger partial charge in [-0.15, -0.1) is 13.2 Å². The Bertz CT molecular complexity index is 761. The summed E-state index contributed by atoms with van der Waals surface area (Å²) in [7, 11) is 0. The van der Waals surface area contributed by atoms with Gasteiger partial charge in [-0.2, -0.15) is 0 Å². The van der Waals surface area contributed by atoms with Crippen LogP contribution in [-0.2, 0) is 9.53 Å². The molecule has 0 bridgehead atoms. The summed E-state index contributed by atoms with van der Waals surface area (Å²) >= 11 is 0. The van der Waals surface area contributed by atoms with Crippen LogP contribution in [0.5, 0.6) is 5.75 Å². The number of carbonyl (C=O) groups excluding carboxylic acids is 1. The molecule has 2 atom stereocenters. The van der Waals surface area contributed by atoms with Gasteiger partial charge in [0.05, 0.1) is 18.8 Å². The lowest BCUT2D eigenvalue weighted by molar-refractivity contribution is -0.275. The molecule has 1 aliphatic heterocycles. The molecule has 1 aromatic carbocycles. The number of para-hydroxylation sites is 1. The maximum absolute atomic E-state index is 12.7. The van der Waals surface area contributed by atoms with E-state index in [-0.39, 0.29) is 41.7 Å². The number of alkyl halides is 3. The highest BCUT2D eigenvalue weighted by Crippen LogP contribution is 2.40. The van der Waals surface area contributed by atoms with Crippen LogP contribution in [0.3, 0.4) is 0 Å². The number of carbonyl (C=O) groups is 1. The van der Waals surface area contributed by atoms with Crippen molar-refractivity contribution in [2.45, 2.75) is 81.8 Å². The number of ether oxygens (including phenoxy) is 2. The Balaban J connectivity index is 1.31. The van der Waals surface area contributed by atoms with E-state index in [4.69, 9.17) is 10.5 Å². The van der Waals surface area contributed by atoms with E-state index in [0.717, 1.165) is 57.9 Å². The van der Waals surface area contributed by atoms with Crippen LogP contribution in [-0.4, -0.2) is 48.5 Å².